The minimum atomic E-state index is -1.03. The molecule has 9 heteroatoms. The summed E-state index contributed by atoms with van der Waals surface area (Å²) in [6.45, 7) is 7.69. The van der Waals surface area contributed by atoms with Gasteiger partial charge in [-0.2, -0.15) is 0 Å². The zero-order valence-electron chi connectivity index (χ0n) is 22.0. The molecule has 0 radical (unpaired) electrons. The van der Waals surface area contributed by atoms with Crippen LogP contribution in [0.2, 0.25) is 0 Å². The molecule has 0 spiro atoms. The highest BCUT2D eigenvalue weighted by Crippen LogP contribution is 2.30. The number of amides is 2. The van der Waals surface area contributed by atoms with Crippen molar-refractivity contribution in [1.82, 2.24) is 20.9 Å². The predicted octanol–water partition coefficient (Wildman–Crippen LogP) is 2.51. The quantitative estimate of drug-likeness (QED) is 0.154. The molecule has 1 saturated carbocycles. The highest BCUT2D eigenvalue weighted by Gasteiger charge is 2.24. The average Bonchev–Trinajstić information content (AvgIpc) is 2.77. The number of carbonyl (C=O) groups excluding carboxylic acids is 2. The number of carbonyl (C=O) groups is 3. The number of rotatable bonds is 21. The lowest BCUT2D eigenvalue weighted by molar-refractivity contribution is -0.138. The van der Waals surface area contributed by atoms with E-state index < -0.39 is 5.97 Å². The van der Waals surface area contributed by atoms with Gasteiger partial charge in [0.05, 0.1) is 12.6 Å². The van der Waals surface area contributed by atoms with Crippen molar-refractivity contribution in [2.24, 2.45) is 5.73 Å². The van der Waals surface area contributed by atoms with Crippen LogP contribution in [0.5, 0.6) is 0 Å². The molecule has 1 aliphatic carbocycles. The summed E-state index contributed by atoms with van der Waals surface area (Å²) in [7, 11) is 0. The number of allylic oxidation sites excluding steroid dienone is 1. The molecule has 6 N–H and O–H groups in total. The molecule has 1 unspecified atom stereocenters. The molecule has 35 heavy (non-hydrogen) atoms. The van der Waals surface area contributed by atoms with Crippen LogP contribution >= 0.6 is 0 Å². The van der Waals surface area contributed by atoms with Gasteiger partial charge in [0.2, 0.25) is 11.8 Å². The maximum absolute atomic E-state index is 13.0. The maximum atomic E-state index is 13.0. The Morgan fingerprint density at radius 3 is 2.26 bits per heavy atom. The SMILES string of the molecule is CCCN(CCC)CC(=O)NC(CCCCN)C(NCCCCCC(=O)NCC(=O)O)=C1CCC1. The monoisotopic (exact) mass is 495 g/mol. The minimum absolute atomic E-state index is 0.0174. The Morgan fingerprint density at radius 2 is 1.69 bits per heavy atom. The van der Waals surface area contributed by atoms with E-state index in [0.717, 1.165) is 83.8 Å². The van der Waals surface area contributed by atoms with Gasteiger partial charge in [-0.1, -0.05) is 20.3 Å². The van der Waals surface area contributed by atoms with Crippen LogP contribution in [0.3, 0.4) is 0 Å². The summed E-state index contributed by atoms with van der Waals surface area (Å²) in [4.78, 5) is 37.3. The van der Waals surface area contributed by atoms with Crippen LogP contribution < -0.4 is 21.7 Å². The molecule has 2 amide bonds. The Balaban J connectivity index is 2.62. The number of nitrogens with one attached hydrogen (secondary N) is 3. The van der Waals surface area contributed by atoms with E-state index in [1.165, 1.54) is 17.7 Å². The number of hydrogen-bond acceptors (Lipinski definition) is 6. The molecule has 1 fully saturated rings. The van der Waals surface area contributed by atoms with E-state index in [2.05, 4.69) is 34.7 Å². The molecule has 1 atom stereocenters. The third-order valence-electron chi connectivity index (χ3n) is 6.25. The first-order valence-electron chi connectivity index (χ1n) is 13.6. The van der Waals surface area contributed by atoms with Gasteiger partial charge in [-0.05, 0) is 89.4 Å². The normalized spacial score (nSPS) is 13.8. The van der Waals surface area contributed by atoms with Crippen molar-refractivity contribution in [3.63, 3.8) is 0 Å². The molecule has 1 rings (SSSR count). The fraction of sp³-hybridized carbons (Fsp3) is 0.808. The Kier molecular flexibility index (Phi) is 16.9. The van der Waals surface area contributed by atoms with E-state index in [-0.39, 0.29) is 24.4 Å². The number of nitrogens with zero attached hydrogens (tertiary/aromatic N) is 1. The van der Waals surface area contributed by atoms with Gasteiger partial charge in [0, 0.05) is 18.7 Å². The minimum Gasteiger partial charge on any atom is -0.480 e. The maximum Gasteiger partial charge on any atom is 0.322 e. The molecule has 0 aliphatic heterocycles. The van der Waals surface area contributed by atoms with E-state index in [0.29, 0.717) is 19.5 Å². The summed E-state index contributed by atoms with van der Waals surface area (Å²) in [5.74, 6) is -1.17. The predicted molar refractivity (Wildman–Crippen MR) is 140 cm³/mol. The van der Waals surface area contributed by atoms with Gasteiger partial charge >= 0.3 is 5.97 Å². The van der Waals surface area contributed by atoms with Crippen molar-refractivity contribution < 1.29 is 19.5 Å². The Morgan fingerprint density at radius 1 is 0.971 bits per heavy atom. The number of aliphatic carboxylic acids is 1. The first-order chi connectivity index (χ1) is 16.9. The molecule has 9 nitrogen and oxygen atoms in total. The van der Waals surface area contributed by atoms with Crippen LogP contribution in [0, 0.1) is 0 Å². The molecular formula is C26H49N5O4. The Labute approximate surface area is 211 Å². The lowest BCUT2D eigenvalue weighted by atomic mass is 9.87. The van der Waals surface area contributed by atoms with Crippen molar-refractivity contribution >= 4 is 17.8 Å². The fourth-order valence-electron chi connectivity index (χ4n) is 4.32. The summed E-state index contributed by atoms with van der Waals surface area (Å²) in [5, 5.41) is 18.0. The van der Waals surface area contributed by atoms with E-state index >= 15 is 0 Å². The summed E-state index contributed by atoms with van der Waals surface area (Å²) >= 11 is 0. The van der Waals surface area contributed by atoms with Gasteiger partial charge in [-0.25, -0.2) is 0 Å². The molecule has 0 heterocycles. The summed E-state index contributed by atoms with van der Waals surface area (Å²) < 4.78 is 0. The van der Waals surface area contributed by atoms with Crippen LogP contribution in [-0.4, -0.2) is 73.1 Å². The van der Waals surface area contributed by atoms with Crippen molar-refractivity contribution in [2.45, 2.75) is 96.9 Å². The van der Waals surface area contributed by atoms with Crippen LogP contribution in [-0.2, 0) is 14.4 Å². The number of carboxylic acids is 1. The smallest absolute Gasteiger partial charge is 0.322 e. The molecule has 0 aromatic carbocycles. The van der Waals surface area contributed by atoms with Crippen LogP contribution in [0.15, 0.2) is 11.3 Å². The largest absolute Gasteiger partial charge is 0.480 e. The van der Waals surface area contributed by atoms with Gasteiger partial charge in [-0.15, -0.1) is 0 Å². The molecular weight excluding hydrogens is 446 g/mol. The molecule has 202 valence electrons. The molecule has 0 aromatic rings. The van der Waals surface area contributed by atoms with Crippen LogP contribution in [0.4, 0.5) is 0 Å². The van der Waals surface area contributed by atoms with E-state index in [1.54, 1.807) is 0 Å². The highest BCUT2D eigenvalue weighted by molar-refractivity contribution is 5.81. The number of nitrogens with two attached hydrogens (primary N) is 1. The highest BCUT2D eigenvalue weighted by atomic mass is 16.4. The van der Waals surface area contributed by atoms with E-state index in [9.17, 15) is 14.4 Å². The fourth-order valence-corrected chi connectivity index (χ4v) is 4.32. The first-order valence-corrected chi connectivity index (χ1v) is 13.6. The third-order valence-corrected chi connectivity index (χ3v) is 6.25. The van der Waals surface area contributed by atoms with Crippen LogP contribution in [0.1, 0.15) is 90.9 Å². The van der Waals surface area contributed by atoms with Gasteiger partial charge in [0.15, 0.2) is 0 Å². The van der Waals surface area contributed by atoms with Gasteiger partial charge in [0.1, 0.15) is 6.54 Å². The number of carboxylic acid groups (broad SMARTS) is 1. The van der Waals surface area contributed by atoms with Crippen molar-refractivity contribution in [1.29, 1.82) is 0 Å². The lowest BCUT2D eigenvalue weighted by Gasteiger charge is -2.31. The number of unbranched alkanes of at least 4 members (excludes halogenated alkanes) is 3. The van der Waals surface area contributed by atoms with Gasteiger partial charge < -0.3 is 26.8 Å². The molecule has 0 aromatic heterocycles. The first kappa shape index (κ1) is 30.9. The molecule has 0 saturated heterocycles. The number of hydrogen-bond donors (Lipinski definition) is 5. The average molecular weight is 496 g/mol. The van der Waals surface area contributed by atoms with Gasteiger partial charge in [-0.3, -0.25) is 19.3 Å². The second-order valence-electron chi connectivity index (χ2n) is 9.46. The second kappa shape index (κ2) is 19.1. The van der Waals surface area contributed by atoms with Crippen LogP contribution in [0.25, 0.3) is 0 Å². The standard InChI is InChI=1S/C26H49N5O4/c1-3-17-31(18-4-2)20-24(33)30-22(13-7-8-15-27)26(21-11-10-12-21)28-16-9-5-6-14-23(32)29-19-25(34)35/h22,28H,3-20,27H2,1-2H3,(H,29,32)(H,30,33)(H,34,35). The summed E-state index contributed by atoms with van der Waals surface area (Å²) in [6.07, 6.45) is 11.0. The second-order valence-corrected chi connectivity index (χ2v) is 9.46. The lowest BCUT2D eigenvalue weighted by Crippen LogP contribution is -2.46. The van der Waals surface area contributed by atoms with Crippen molar-refractivity contribution in [2.75, 3.05) is 39.3 Å². The van der Waals surface area contributed by atoms with Crippen molar-refractivity contribution in [3.8, 4) is 0 Å². The zero-order valence-corrected chi connectivity index (χ0v) is 22.0. The summed E-state index contributed by atoms with van der Waals surface area (Å²) in [6, 6.07) is -0.0174. The molecule has 1 aliphatic rings. The van der Waals surface area contributed by atoms with Gasteiger partial charge in [0.25, 0.3) is 0 Å². The Bertz CT molecular complexity index is 656. The van der Waals surface area contributed by atoms with Crippen molar-refractivity contribution in [3.05, 3.63) is 11.3 Å². The third kappa shape index (κ3) is 14.1. The van der Waals surface area contributed by atoms with E-state index in [4.69, 9.17) is 10.8 Å². The summed E-state index contributed by atoms with van der Waals surface area (Å²) in [5.41, 5.74) is 8.32. The molecule has 0 bridgehead atoms. The Hall–Kier alpha value is -2.13. The van der Waals surface area contributed by atoms with E-state index in [1.807, 2.05) is 0 Å². The topological polar surface area (TPSA) is 137 Å². The zero-order chi connectivity index (χ0) is 25.9.